The number of hydrogen-bond acceptors (Lipinski definition) is 2. The lowest BCUT2D eigenvalue weighted by atomic mass is 9.74. The Hall–Kier alpha value is -0.0800. The van der Waals surface area contributed by atoms with Gasteiger partial charge in [-0.2, -0.15) is 0 Å². The van der Waals surface area contributed by atoms with E-state index in [0.717, 1.165) is 36.3 Å². The molecule has 0 aliphatic heterocycles. The van der Waals surface area contributed by atoms with E-state index >= 15 is 0 Å². The number of nitrogens with one attached hydrogen (secondary N) is 1. The number of nitrogens with zero attached hydrogens (tertiary/aromatic N) is 1. The molecule has 0 heterocycles. The maximum atomic E-state index is 3.93. The fraction of sp³-hybridized carbons (Fsp3) is 1.00. The highest BCUT2D eigenvalue weighted by Gasteiger charge is 2.30. The van der Waals surface area contributed by atoms with Gasteiger partial charge in [-0.3, -0.25) is 0 Å². The Balaban J connectivity index is 2.54. The van der Waals surface area contributed by atoms with Crippen LogP contribution in [-0.4, -0.2) is 37.6 Å². The molecule has 0 aromatic rings. The molecule has 0 spiro atoms. The normalized spacial score (nSPS) is 29.4. The lowest BCUT2D eigenvalue weighted by molar-refractivity contribution is 0.154. The maximum absolute atomic E-state index is 3.93. The SMILES string of the molecule is CC(C)CC(CNC1CC(C)CCC1C(C)C)N(C)C. The van der Waals surface area contributed by atoms with Crippen molar-refractivity contribution in [2.24, 2.45) is 23.7 Å². The molecule has 1 aliphatic rings. The highest BCUT2D eigenvalue weighted by atomic mass is 15.1. The van der Waals surface area contributed by atoms with Crippen molar-refractivity contribution >= 4 is 0 Å². The van der Waals surface area contributed by atoms with Crippen molar-refractivity contribution in [2.75, 3.05) is 20.6 Å². The molecule has 1 fully saturated rings. The molecule has 0 radical (unpaired) electrons. The summed E-state index contributed by atoms with van der Waals surface area (Å²) in [5.74, 6) is 3.34. The fourth-order valence-corrected chi connectivity index (χ4v) is 3.75. The third-order valence-corrected chi connectivity index (χ3v) is 5.11. The van der Waals surface area contributed by atoms with Crippen LogP contribution in [0.5, 0.6) is 0 Å². The largest absolute Gasteiger partial charge is 0.312 e. The predicted octanol–water partition coefficient (Wildman–Crippen LogP) is 4.01. The minimum Gasteiger partial charge on any atom is -0.312 e. The van der Waals surface area contributed by atoms with Crippen molar-refractivity contribution in [3.05, 3.63) is 0 Å². The first kappa shape index (κ1) is 18.0. The molecule has 4 unspecified atom stereocenters. The van der Waals surface area contributed by atoms with Crippen LogP contribution in [-0.2, 0) is 0 Å². The second kappa shape index (κ2) is 8.38. The van der Waals surface area contributed by atoms with E-state index in [1.54, 1.807) is 0 Å². The molecule has 0 bridgehead atoms. The summed E-state index contributed by atoms with van der Waals surface area (Å²) in [6.45, 7) is 13.0. The Bertz CT molecular complexity index is 260. The van der Waals surface area contributed by atoms with E-state index in [0.29, 0.717) is 6.04 Å². The van der Waals surface area contributed by atoms with Crippen LogP contribution < -0.4 is 5.32 Å². The minimum atomic E-state index is 0.667. The van der Waals surface area contributed by atoms with Gasteiger partial charge in [0.25, 0.3) is 0 Å². The smallest absolute Gasteiger partial charge is 0.0217 e. The second-order valence-electron chi connectivity index (χ2n) is 8.09. The zero-order chi connectivity index (χ0) is 15.3. The first-order valence-electron chi connectivity index (χ1n) is 8.71. The summed E-state index contributed by atoms with van der Waals surface area (Å²) in [6, 6.07) is 1.40. The first-order chi connectivity index (χ1) is 9.31. The number of hydrogen-bond donors (Lipinski definition) is 1. The Labute approximate surface area is 127 Å². The summed E-state index contributed by atoms with van der Waals surface area (Å²) in [6.07, 6.45) is 5.48. The molecule has 1 aliphatic carbocycles. The predicted molar refractivity (Wildman–Crippen MR) is 90.1 cm³/mol. The zero-order valence-corrected chi connectivity index (χ0v) is 14.9. The van der Waals surface area contributed by atoms with Crippen LogP contribution in [0.2, 0.25) is 0 Å². The molecule has 1 saturated carbocycles. The minimum absolute atomic E-state index is 0.667. The molecule has 2 heteroatoms. The van der Waals surface area contributed by atoms with Gasteiger partial charge in [0.05, 0.1) is 0 Å². The van der Waals surface area contributed by atoms with Crippen molar-refractivity contribution in [2.45, 2.75) is 72.4 Å². The van der Waals surface area contributed by atoms with Gasteiger partial charge >= 0.3 is 0 Å². The Morgan fingerprint density at radius 3 is 2.25 bits per heavy atom. The Morgan fingerprint density at radius 1 is 1.10 bits per heavy atom. The molecule has 4 atom stereocenters. The van der Waals surface area contributed by atoms with Crippen molar-refractivity contribution in [1.82, 2.24) is 10.2 Å². The average molecular weight is 283 g/mol. The van der Waals surface area contributed by atoms with Gasteiger partial charge in [0.15, 0.2) is 0 Å². The quantitative estimate of drug-likeness (QED) is 0.759. The number of rotatable bonds is 7. The van der Waals surface area contributed by atoms with Crippen molar-refractivity contribution in [3.63, 3.8) is 0 Å². The van der Waals surface area contributed by atoms with Gasteiger partial charge in [-0.15, -0.1) is 0 Å². The van der Waals surface area contributed by atoms with Crippen LogP contribution in [0.3, 0.4) is 0 Å². The van der Waals surface area contributed by atoms with E-state index < -0.39 is 0 Å². The van der Waals surface area contributed by atoms with Gasteiger partial charge in [-0.1, -0.05) is 41.0 Å². The van der Waals surface area contributed by atoms with Gasteiger partial charge in [0, 0.05) is 18.6 Å². The third-order valence-electron chi connectivity index (χ3n) is 5.11. The molecule has 2 nitrogen and oxygen atoms in total. The maximum Gasteiger partial charge on any atom is 0.0217 e. The zero-order valence-electron chi connectivity index (χ0n) is 14.9. The molecule has 0 aromatic heterocycles. The summed E-state index contributed by atoms with van der Waals surface area (Å²) in [5, 5.41) is 3.93. The molecular formula is C18H38N2. The van der Waals surface area contributed by atoms with E-state index in [9.17, 15) is 0 Å². The van der Waals surface area contributed by atoms with Crippen LogP contribution in [0.4, 0.5) is 0 Å². The molecular weight excluding hydrogens is 244 g/mol. The van der Waals surface area contributed by atoms with E-state index in [4.69, 9.17) is 0 Å². The molecule has 0 amide bonds. The molecule has 120 valence electrons. The summed E-state index contributed by atoms with van der Waals surface area (Å²) >= 11 is 0. The van der Waals surface area contributed by atoms with Crippen LogP contribution in [0.15, 0.2) is 0 Å². The monoisotopic (exact) mass is 282 g/mol. The summed E-state index contributed by atoms with van der Waals surface area (Å²) in [4.78, 5) is 2.39. The van der Waals surface area contributed by atoms with Gasteiger partial charge in [0.2, 0.25) is 0 Å². The van der Waals surface area contributed by atoms with Crippen LogP contribution in [0, 0.1) is 23.7 Å². The van der Waals surface area contributed by atoms with Crippen LogP contribution >= 0.6 is 0 Å². The van der Waals surface area contributed by atoms with Crippen molar-refractivity contribution < 1.29 is 0 Å². The molecule has 1 rings (SSSR count). The van der Waals surface area contributed by atoms with Crippen molar-refractivity contribution in [1.29, 1.82) is 0 Å². The standard InChI is InChI=1S/C18H38N2/c1-13(2)10-16(20(6)7)12-19-18-11-15(5)8-9-17(18)14(3)4/h13-19H,8-12H2,1-7H3. The lowest BCUT2D eigenvalue weighted by Gasteiger charge is -2.39. The molecule has 1 N–H and O–H groups in total. The van der Waals surface area contributed by atoms with Crippen LogP contribution in [0.25, 0.3) is 0 Å². The van der Waals surface area contributed by atoms with E-state index in [1.807, 2.05) is 0 Å². The molecule has 0 saturated heterocycles. The van der Waals surface area contributed by atoms with Gasteiger partial charge < -0.3 is 10.2 Å². The van der Waals surface area contributed by atoms with Gasteiger partial charge in [-0.25, -0.2) is 0 Å². The average Bonchev–Trinajstić information content (AvgIpc) is 2.33. The van der Waals surface area contributed by atoms with Crippen molar-refractivity contribution in [3.8, 4) is 0 Å². The van der Waals surface area contributed by atoms with Crippen LogP contribution in [0.1, 0.15) is 60.3 Å². The van der Waals surface area contributed by atoms with Gasteiger partial charge in [0.1, 0.15) is 0 Å². The highest BCUT2D eigenvalue weighted by Crippen LogP contribution is 2.33. The highest BCUT2D eigenvalue weighted by molar-refractivity contribution is 4.86. The van der Waals surface area contributed by atoms with Gasteiger partial charge in [-0.05, 0) is 57.0 Å². The lowest BCUT2D eigenvalue weighted by Crippen LogP contribution is -2.48. The Morgan fingerprint density at radius 2 is 1.75 bits per heavy atom. The van der Waals surface area contributed by atoms with E-state index in [2.05, 4.69) is 58.9 Å². The molecule has 20 heavy (non-hydrogen) atoms. The number of likely N-dealkylation sites (N-methyl/N-ethyl adjacent to an activating group) is 1. The summed E-state index contributed by atoms with van der Waals surface area (Å²) < 4.78 is 0. The molecule has 0 aromatic carbocycles. The second-order valence-corrected chi connectivity index (χ2v) is 8.09. The third kappa shape index (κ3) is 5.73. The summed E-state index contributed by atoms with van der Waals surface area (Å²) in [5.41, 5.74) is 0. The van der Waals surface area contributed by atoms with E-state index in [-0.39, 0.29) is 0 Å². The fourth-order valence-electron chi connectivity index (χ4n) is 3.75. The Kier molecular flexibility index (Phi) is 7.53. The topological polar surface area (TPSA) is 15.3 Å². The first-order valence-corrected chi connectivity index (χ1v) is 8.71. The summed E-state index contributed by atoms with van der Waals surface area (Å²) in [7, 11) is 4.44. The van der Waals surface area contributed by atoms with E-state index in [1.165, 1.54) is 25.7 Å².